The monoisotopic (exact) mass is 402 g/mol. The van der Waals surface area contributed by atoms with Crippen LogP contribution >= 0.6 is 0 Å². The van der Waals surface area contributed by atoms with Gasteiger partial charge in [0, 0.05) is 6.42 Å². The maximum Gasteiger partial charge on any atom is 0.310 e. The molecule has 3 heteroatoms. The lowest BCUT2D eigenvalue weighted by Crippen LogP contribution is -2.30. The molecule has 0 saturated heterocycles. The van der Waals surface area contributed by atoms with Crippen LogP contribution in [0, 0.1) is 0 Å². The first-order valence-electron chi connectivity index (χ1n) is 10.6. The first-order valence-corrected chi connectivity index (χ1v) is 10.6. The zero-order valence-electron chi connectivity index (χ0n) is 17.8. The van der Waals surface area contributed by atoms with Crippen LogP contribution in [0.1, 0.15) is 50.3 Å². The summed E-state index contributed by atoms with van der Waals surface area (Å²) in [5.74, 6) is 0.661. The van der Waals surface area contributed by atoms with Gasteiger partial charge in [0.15, 0.2) is 0 Å². The zero-order valence-corrected chi connectivity index (χ0v) is 17.8. The van der Waals surface area contributed by atoms with Crippen molar-refractivity contribution >= 4 is 5.97 Å². The fraction of sp³-hybridized carbons (Fsp3) is 0.296. The first-order chi connectivity index (χ1) is 14.6. The van der Waals surface area contributed by atoms with Crippen molar-refractivity contribution in [2.24, 2.45) is 0 Å². The summed E-state index contributed by atoms with van der Waals surface area (Å²) in [6, 6.07) is 18.0. The van der Waals surface area contributed by atoms with E-state index in [1.54, 1.807) is 0 Å². The van der Waals surface area contributed by atoms with Gasteiger partial charge in [-0.3, -0.25) is 4.79 Å². The fourth-order valence-corrected chi connectivity index (χ4v) is 3.41. The van der Waals surface area contributed by atoms with Gasteiger partial charge in [0.2, 0.25) is 0 Å². The van der Waals surface area contributed by atoms with Crippen LogP contribution in [0.5, 0.6) is 5.75 Å². The number of rotatable bonds is 9. The van der Waals surface area contributed by atoms with Crippen molar-refractivity contribution in [3.05, 3.63) is 102 Å². The summed E-state index contributed by atoms with van der Waals surface area (Å²) in [4.78, 5) is 12.2. The van der Waals surface area contributed by atoms with Crippen LogP contribution in [-0.4, -0.2) is 11.6 Å². The van der Waals surface area contributed by atoms with E-state index >= 15 is 0 Å². The van der Waals surface area contributed by atoms with Crippen LogP contribution in [0.2, 0.25) is 0 Å². The van der Waals surface area contributed by atoms with Crippen molar-refractivity contribution in [3.8, 4) is 5.75 Å². The molecular weight excluding hydrogens is 372 g/mol. The van der Waals surface area contributed by atoms with E-state index in [-0.39, 0.29) is 24.1 Å². The van der Waals surface area contributed by atoms with Crippen LogP contribution in [-0.2, 0) is 16.0 Å². The molecule has 0 spiro atoms. The van der Waals surface area contributed by atoms with Gasteiger partial charge < -0.3 is 9.47 Å². The predicted molar refractivity (Wildman–Crippen MR) is 121 cm³/mol. The summed E-state index contributed by atoms with van der Waals surface area (Å²) >= 11 is 0. The van der Waals surface area contributed by atoms with E-state index in [0.29, 0.717) is 0 Å². The van der Waals surface area contributed by atoms with Gasteiger partial charge in [0.1, 0.15) is 17.5 Å². The van der Waals surface area contributed by atoms with E-state index in [4.69, 9.17) is 9.47 Å². The number of esters is 1. The second kappa shape index (κ2) is 10.6. The molecule has 0 amide bonds. The van der Waals surface area contributed by atoms with Crippen LogP contribution in [0.25, 0.3) is 0 Å². The Bertz CT molecular complexity index is 893. The van der Waals surface area contributed by atoms with Crippen molar-refractivity contribution in [3.63, 3.8) is 0 Å². The van der Waals surface area contributed by atoms with Gasteiger partial charge in [-0.15, -0.1) is 0 Å². The van der Waals surface area contributed by atoms with Gasteiger partial charge in [-0.25, -0.2) is 0 Å². The van der Waals surface area contributed by atoms with E-state index in [9.17, 15) is 4.79 Å². The minimum absolute atomic E-state index is 0.184. The maximum atomic E-state index is 12.2. The van der Waals surface area contributed by atoms with Gasteiger partial charge >= 0.3 is 5.97 Å². The van der Waals surface area contributed by atoms with E-state index in [2.05, 4.69) is 31.2 Å². The first kappa shape index (κ1) is 21.6. The van der Waals surface area contributed by atoms with E-state index in [1.165, 1.54) is 5.56 Å². The summed E-state index contributed by atoms with van der Waals surface area (Å²) in [7, 11) is 0. The minimum Gasteiger partial charge on any atom is -0.483 e. The number of carbonyl (C=O) groups excluding carboxylic acids is 1. The Labute approximate surface area is 179 Å². The van der Waals surface area contributed by atoms with Gasteiger partial charge in [0.25, 0.3) is 0 Å². The summed E-state index contributed by atoms with van der Waals surface area (Å²) < 4.78 is 11.7. The summed E-state index contributed by atoms with van der Waals surface area (Å²) in [6.07, 6.45) is 14.7. The van der Waals surface area contributed by atoms with Crippen LogP contribution in [0.3, 0.4) is 0 Å². The second-order valence-corrected chi connectivity index (χ2v) is 7.73. The van der Waals surface area contributed by atoms with Crippen molar-refractivity contribution in [2.75, 3.05) is 0 Å². The van der Waals surface area contributed by atoms with Crippen molar-refractivity contribution in [2.45, 2.75) is 51.2 Å². The highest BCUT2D eigenvalue weighted by Crippen LogP contribution is 2.26. The van der Waals surface area contributed by atoms with Gasteiger partial charge in [-0.2, -0.15) is 0 Å². The molecule has 0 N–H and O–H groups in total. The van der Waals surface area contributed by atoms with E-state index in [1.807, 2.05) is 73.7 Å². The summed E-state index contributed by atoms with van der Waals surface area (Å²) in [5, 5.41) is 0. The molecule has 0 radical (unpaired) electrons. The lowest BCUT2D eigenvalue weighted by Gasteiger charge is -2.28. The summed E-state index contributed by atoms with van der Waals surface area (Å²) in [6.45, 7) is 4.11. The topological polar surface area (TPSA) is 35.5 Å². The molecule has 0 aliphatic heterocycles. The maximum absolute atomic E-state index is 12.2. The lowest BCUT2D eigenvalue weighted by atomic mass is 9.97. The number of hydrogen-bond donors (Lipinski definition) is 0. The molecule has 2 atom stereocenters. The Morgan fingerprint density at radius 2 is 1.83 bits per heavy atom. The van der Waals surface area contributed by atoms with E-state index in [0.717, 1.165) is 30.6 Å². The molecule has 0 saturated carbocycles. The normalized spacial score (nSPS) is 19.0. The van der Waals surface area contributed by atoms with Crippen molar-refractivity contribution < 1.29 is 14.3 Å². The molecule has 2 aromatic rings. The average molecular weight is 403 g/mol. The smallest absolute Gasteiger partial charge is 0.310 e. The quantitative estimate of drug-likeness (QED) is 0.354. The lowest BCUT2D eigenvalue weighted by molar-refractivity contribution is -0.148. The Hall–Kier alpha value is -3.07. The molecule has 0 aromatic heterocycles. The third kappa shape index (κ3) is 6.48. The standard InChI is InChI=1S/C27H30O3/c1-3-25(23-13-6-4-7-14-23)29-26(28)15-9-8-12-22-16-18-24(19-17-22)30-27(2)20-10-5-11-21-27/h4-11,13-14,16-20,25H,3,12,15,21H2,1-2H3/b9-8+/t25-,27?/m0/s1. The Morgan fingerprint density at radius 3 is 2.50 bits per heavy atom. The van der Waals surface area contributed by atoms with Crippen molar-refractivity contribution in [1.82, 2.24) is 0 Å². The molecule has 3 rings (SSSR count). The predicted octanol–water partition coefficient (Wildman–Crippen LogP) is 6.52. The number of ether oxygens (including phenoxy) is 2. The van der Waals surface area contributed by atoms with Gasteiger partial charge in [0.05, 0.1) is 6.42 Å². The number of benzene rings is 2. The third-order valence-corrected chi connectivity index (χ3v) is 5.11. The highest BCUT2D eigenvalue weighted by molar-refractivity contribution is 5.71. The Balaban J connectivity index is 1.44. The van der Waals surface area contributed by atoms with Crippen LogP contribution < -0.4 is 4.74 Å². The molecule has 1 unspecified atom stereocenters. The van der Waals surface area contributed by atoms with Crippen molar-refractivity contribution in [1.29, 1.82) is 0 Å². The molecule has 156 valence electrons. The zero-order chi connectivity index (χ0) is 21.2. The van der Waals surface area contributed by atoms with Gasteiger partial charge in [-0.05, 0) is 49.1 Å². The Morgan fingerprint density at radius 1 is 1.07 bits per heavy atom. The van der Waals surface area contributed by atoms with Crippen LogP contribution in [0.15, 0.2) is 91.1 Å². The summed E-state index contributed by atoms with van der Waals surface area (Å²) in [5.41, 5.74) is 1.92. The minimum atomic E-state index is -0.285. The molecule has 1 aliphatic carbocycles. The highest BCUT2D eigenvalue weighted by Gasteiger charge is 2.22. The van der Waals surface area contributed by atoms with E-state index < -0.39 is 0 Å². The SMILES string of the molecule is CC[C@H](OC(=O)C/C=C/Cc1ccc(OC2(C)C=CC=CC2)cc1)c1ccccc1. The largest absolute Gasteiger partial charge is 0.483 e. The highest BCUT2D eigenvalue weighted by atomic mass is 16.5. The Kier molecular flexibility index (Phi) is 7.67. The molecule has 3 nitrogen and oxygen atoms in total. The number of allylic oxidation sites excluding steroid dienone is 3. The molecule has 1 aliphatic rings. The molecule has 0 heterocycles. The fourth-order valence-electron chi connectivity index (χ4n) is 3.41. The number of carbonyl (C=O) groups is 1. The average Bonchev–Trinajstić information content (AvgIpc) is 2.77. The van der Waals surface area contributed by atoms with Gasteiger partial charge in [-0.1, -0.05) is 79.8 Å². The molecule has 2 aromatic carbocycles. The number of hydrogen-bond acceptors (Lipinski definition) is 3. The molecule has 0 fully saturated rings. The molecular formula is C27H30O3. The van der Waals surface area contributed by atoms with Crippen LogP contribution in [0.4, 0.5) is 0 Å². The third-order valence-electron chi connectivity index (χ3n) is 5.11. The molecule has 30 heavy (non-hydrogen) atoms. The molecule has 0 bridgehead atoms. The second-order valence-electron chi connectivity index (χ2n) is 7.73.